The highest BCUT2D eigenvalue weighted by molar-refractivity contribution is 5.77. The van der Waals surface area contributed by atoms with Gasteiger partial charge in [0.05, 0.1) is 6.07 Å². The van der Waals surface area contributed by atoms with E-state index in [9.17, 15) is 9.59 Å². The Hall–Kier alpha value is -1.57. The molecule has 1 amide bonds. The van der Waals surface area contributed by atoms with Gasteiger partial charge in [0.2, 0.25) is 5.91 Å². The zero-order chi connectivity index (χ0) is 14.1. The molecule has 0 unspecified atom stereocenters. The molecule has 19 heavy (non-hydrogen) atoms. The molecule has 0 aromatic carbocycles. The third-order valence-electron chi connectivity index (χ3n) is 3.65. The minimum atomic E-state index is -0.844. The smallest absolute Gasteiger partial charge is 0.303 e. The summed E-state index contributed by atoms with van der Waals surface area (Å²) in [5.74, 6) is -0.128. The number of hydrogen-bond acceptors (Lipinski definition) is 3. The van der Waals surface area contributed by atoms with Crippen molar-refractivity contribution in [2.24, 2.45) is 5.92 Å². The average molecular weight is 266 g/mol. The van der Waals surface area contributed by atoms with E-state index in [1.165, 1.54) is 0 Å². The predicted molar refractivity (Wildman–Crippen MR) is 70.3 cm³/mol. The number of carboxylic acids is 1. The van der Waals surface area contributed by atoms with Gasteiger partial charge >= 0.3 is 5.97 Å². The van der Waals surface area contributed by atoms with E-state index in [2.05, 4.69) is 6.07 Å². The number of unbranched alkanes of at least 4 members (excludes halogenated alkanes) is 1. The lowest BCUT2D eigenvalue weighted by atomic mass is 9.91. The number of nitrogens with zero attached hydrogens (tertiary/aromatic N) is 2. The fourth-order valence-corrected chi connectivity index (χ4v) is 2.49. The van der Waals surface area contributed by atoms with Gasteiger partial charge in [-0.25, -0.2) is 0 Å². The Labute approximate surface area is 114 Å². The van der Waals surface area contributed by atoms with Crippen molar-refractivity contribution >= 4 is 11.9 Å². The lowest BCUT2D eigenvalue weighted by Crippen LogP contribution is -2.38. The van der Waals surface area contributed by atoms with E-state index < -0.39 is 5.97 Å². The maximum Gasteiger partial charge on any atom is 0.303 e. The summed E-state index contributed by atoms with van der Waals surface area (Å²) in [4.78, 5) is 24.1. The van der Waals surface area contributed by atoms with Gasteiger partial charge in [-0.1, -0.05) is 0 Å². The molecule has 0 aromatic heterocycles. The van der Waals surface area contributed by atoms with Crippen LogP contribution in [0.5, 0.6) is 0 Å². The van der Waals surface area contributed by atoms with Crippen LogP contribution >= 0.6 is 0 Å². The number of rotatable bonds is 7. The van der Waals surface area contributed by atoms with Crippen molar-refractivity contribution in [1.82, 2.24) is 4.90 Å². The second kappa shape index (κ2) is 8.52. The first-order chi connectivity index (χ1) is 9.13. The van der Waals surface area contributed by atoms with Crippen molar-refractivity contribution in [3.05, 3.63) is 0 Å². The fraction of sp³-hybridized carbons (Fsp3) is 0.786. The van der Waals surface area contributed by atoms with Crippen LogP contribution in [0.2, 0.25) is 0 Å². The number of piperidine rings is 1. The number of likely N-dealkylation sites (tertiary alicyclic amines) is 1. The van der Waals surface area contributed by atoms with E-state index >= 15 is 0 Å². The first-order valence-corrected chi connectivity index (χ1v) is 7.00. The highest BCUT2D eigenvalue weighted by atomic mass is 16.4. The second-order valence-electron chi connectivity index (χ2n) is 5.12. The molecule has 1 saturated heterocycles. The van der Waals surface area contributed by atoms with Crippen LogP contribution in [0, 0.1) is 17.2 Å². The van der Waals surface area contributed by atoms with Crippen molar-refractivity contribution in [3.63, 3.8) is 0 Å². The summed E-state index contributed by atoms with van der Waals surface area (Å²) in [5.41, 5.74) is 0. The topological polar surface area (TPSA) is 81.4 Å². The van der Waals surface area contributed by atoms with Crippen LogP contribution in [-0.2, 0) is 9.59 Å². The molecule has 0 aromatic rings. The quantitative estimate of drug-likeness (QED) is 0.716. The van der Waals surface area contributed by atoms with Gasteiger partial charge in [0.1, 0.15) is 0 Å². The molecule has 0 atom stereocenters. The van der Waals surface area contributed by atoms with Gasteiger partial charge in [0.15, 0.2) is 0 Å². The molecular formula is C14H22N2O3. The van der Waals surface area contributed by atoms with Crippen molar-refractivity contribution in [1.29, 1.82) is 5.26 Å². The van der Waals surface area contributed by atoms with E-state index in [0.717, 1.165) is 38.8 Å². The van der Waals surface area contributed by atoms with Gasteiger partial charge in [0.25, 0.3) is 0 Å². The van der Waals surface area contributed by atoms with Gasteiger partial charge in [-0.2, -0.15) is 5.26 Å². The third-order valence-corrected chi connectivity index (χ3v) is 3.65. The monoisotopic (exact) mass is 266 g/mol. The second-order valence-corrected chi connectivity index (χ2v) is 5.12. The minimum absolute atomic E-state index is 0.0658. The molecule has 5 nitrogen and oxygen atoms in total. The number of carbonyl (C=O) groups is 2. The summed E-state index contributed by atoms with van der Waals surface area (Å²) in [6, 6.07) is 2.15. The molecule has 0 saturated carbocycles. The van der Waals surface area contributed by atoms with Gasteiger partial charge in [0, 0.05) is 32.4 Å². The lowest BCUT2D eigenvalue weighted by molar-refractivity contribution is -0.137. The summed E-state index contributed by atoms with van der Waals surface area (Å²) >= 11 is 0. The van der Waals surface area contributed by atoms with E-state index in [-0.39, 0.29) is 12.3 Å². The predicted octanol–water partition coefficient (Wildman–Crippen LogP) is 2.17. The molecule has 0 spiro atoms. The average Bonchev–Trinajstić information content (AvgIpc) is 2.39. The van der Waals surface area contributed by atoms with Gasteiger partial charge in [-0.05, 0) is 38.0 Å². The molecule has 0 bridgehead atoms. The Balaban J connectivity index is 2.16. The Morgan fingerprint density at radius 2 is 1.89 bits per heavy atom. The molecule has 1 fully saturated rings. The number of hydrogen-bond donors (Lipinski definition) is 1. The maximum atomic E-state index is 11.8. The highest BCUT2D eigenvalue weighted by Gasteiger charge is 2.22. The summed E-state index contributed by atoms with van der Waals surface area (Å²) in [5, 5.41) is 17.0. The maximum absolute atomic E-state index is 11.8. The standard InChI is InChI=1S/C14H22N2O3/c15-9-2-1-4-12-7-10-16(11-8-12)13(17)5-3-6-14(18)19/h12H,1-8,10-11H2,(H,18,19). The zero-order valence-electron chi connectivity index (χ0n) is 11.3. The largest absolute Gasteiger partial charge is 0.481 e. The molecule has 5 heteroatoms. The number of amides is 1. The molecule has 0 radical (unpaired) electrons. The first kappa shape index (κ1) is 15.5. The molecule has 106 valence electrons. The highest BCUT2D eigenvalue weighted by Crippen LogP contribution is 2.23. The molecule has 1 heterocycles. The Morgan fingerprint density at radius 3 is 2.47 bits per heavy atom. The van der Waals surface area contributed by atoms with Crippen molar-refractivity contribution in [2.45, 2.75) is 51.4 Å². The van der Waals surface area contributed by atoms with Crippen LogP contribution in [0.15, 0.2) is 0 Å². The van der Waals surface area contributed by atoms with Crippen molar-refractivity contribution in [3.8, 4) is 6.07 Å². The number of nitriles is 1. The summed E-state index contributed by atoms with van der Waals surface area (Å²) in [7, 11) is 0. The number of carbonyl (C=O) groups excluding carboxylic acids is 1. The molecule has 1 aliphatic heterocycles. The van der Waals surface area contributed by atoms with Crippen LogP contribution in [0.1, 0.15) is 51.4 Å². The van der Waals surface area contributed by atoms with Gasteiger partial charge in [-0.3, -0.25) is 9.59 Å². The van der Waals surface area contributed by atoms with Gasteiger partial charge < -0.3 is 10.0 Å². The molecule has 1 aliphatic rings. The Morgan fingerprint density at radius 1 is 1.21 bits per heavy atom. The lowest BCUT2D eigenvalue weighted by Gasteiger charge is -2.32. The molecule has 1 rings (SSSR count). The van der Waals surface area contributed by atoms with Crippen LogP contribution in [-0.4, -0.2) is 35.0 Å². The van der Waals surface area contributed by atoms with Crippen LogP contribution < -0.4 is 0 Å². The Bertz CT molecular complexity index is 341. The summed E-state index contributed by atoms with van der Waals surface area (Å²) in [6.07, 6.45) is 5.50. The van der Waals surface area contributed by atoms with E-state index in [0.29, 0.717) is 25.2 Å². The van der Waals surface area contributed by atoms with Crippen LogP contribution in [0.3, 0.4) is 0 Å². The third kappa shape index (κ3) is 6.23. The molecule has 1 N–H and O–H groups in total. The number of carboxylic acid groups (broad SMARTS) is 1. The minimum Gasteiger partial charge on any atom is -0.481 e. The Kier molecular flexibility index (Phi) is 6.94. The fourth-order valence-electron chi connectivity index (χ4n) is 2.49. The first-order valence-electron chi connectivity index (χ1n) is 7.00. The van der Waals surface area contributed by atoms with E-state index in [4.69, 9.17) is 10.4 Å². The summed E-state index contributed by atoms with van der Waals surface area (Å²) < 4.78 is 0. The van der Waals surface area contributed by atoms with Crippen LogP contribution in [0.4, 0.5) is 0 Å². The normalized spacial score (nSPS) is 16.1. The van der Waals surface area contributed by atoms with Crippen LogP contribution in [0.25, 0.3) is 0 Å². The van der Waals surface area contributed by atoms with Gasteiger partial charge in [-0.15, -0.1) is 0 Å². The number of aliphatic carboxylic acids is 1. The van der Waals surface area contributed by atoms with E-state index in [1.54, 1.807) is 0 Å². The van der Waals surface area contributed by atoms with Crippen molar-refractivity contribution in [2.75, 3.05) is 13.1 Å². The van der Waals surface area contributed by atoms with Crippen molar-refractivity contribution < 1.29 is 14.7 Å². The molecule has 0 aliphatic carbocycles. The van der Waals surface area contributed by atoms with E-state index in [1.807, 2.05) is 4.90 Å². The SMILES string of the molecule is N#CCCCC1CCN(C(=O)CCCC(=O)O)CC1. The summed E-state index contributed by atoms with van der Waals surface area (Å²) in [6.45, 7) is 1.56. The molecular weight excluding hydrogens is 244 g/mol. The zero-order valence-corrected chi connectivity index (χ0v) is 11.3.